The molecule has 4 saturated heterocycles. The van der Waals surface area contributed by atoms with Crippen LogP contribution in [-0.2, 0) is 30.3 Å². The molecule has 0 saturated carbocycles. The van der Waals surface area contributed by atoms with Crippen LogP contribution in [0.4, 0.5) is 5.69 Å². The van der Waals surface area contributed by atoms with Crippen LogP contribution in [0.3, 0.4) is 0 Å². The summed E-state index contributed by atoms with van der Waals surface area (Å²) in [6.45, 7) is 14.4. The normalized spacial score (nSPS) is 26.4. The Balaban J connectivity index is 1.36. The summed E-state index contributed by atoms with van der Waals surface area (Å²) in [6, 6.07) is 15.2. The van der Waals surface area contributed by atoms with Gasteiger partial charge in [-0.25, -0.2) is 0 Å². The molecule has 1 spiro atoms. The van der Waals surface area contributed by atoms with Crippen LogP contribution >= 0.6 is 0 Å². The van der Waals surface area contributed by atoms with Gasteiger partial charge in [-0.2, -0.15) is 0 Å². The van der Waals surface area contributed by atoms with E-state index in [0.29, 0.717) is 70.2 Å². The van der Waals surface area contributed by atoms with Crippen molar-refractivity contribution in [1.29, 1.82) is 0 Å². The maximum Gasteiger partial charge on any atom is 0.248 e. The van der Waals surface area contributed by atoms with Gasteiger partial charge in [-0.3, -0.25) is 19.3 Å². The van der Waals surface area contributed by atoms with E-state index in [1.165, 1.54) is 0 Å². The number of aliphatic hydroxyl groups is 1. The third-order valence-corrected chi connectivity index (χ3v) is 10.7. The molecule has 11 heteroatoms. The molecule has 4 aliphatic heterocycles. The standard InChI is InChI=1S/C39H50N4O7/c1-4-18-41(21-20-40-22-24-48-25-23-40)38(47)35-39-17-16-32(50-39)33(36(45)42(19-5-2)29-12-14-31(15-13-29)49-6-3)34(39)37(46)43(35)30(27-44)26-28-10-8-7-9-11-28/h4-5,7-15,30,32-35,44H,1-2,6,16-27H2,3H3/t30-,32-,33+,34+,35?,39?/m1/s1. The highest BCUT2D eigenvalue weighted by atomic mass is 16.5. The van der Waals surface area contributed by atoms with Gasteiger partial charge in [-0.15, -0.1) is 13.2 Å². The summed E-state index contributed by atoms with van der Waals surface area (Å²) in [5.41, 5.74) is 0.379. The molecule has 4 heterocycles. The van der Waals surface area contributed by atoms with Crippen LogP contribution < -0.4 is 9.64 Å². The highest BCUT2D eigenvalue weighted by Gasteiger charge is 2.75. The van der Waals surface area contributed by atoms with Crippen molar-refractivity contribution in [3.05, 3.63) is 85.5 Å². The number of anilines is 1. The molecule has 3 amide bonds. The Hall–Kier alpha value is -4.03. The SMILES string of the molecule is C=CCN(CCN1CCOCC1)C(=O)C1N([C@@H](CO)Cc2ccccc2)C(=O)[C@@H]2[C@@H](C(=O)N(CC=C)c3ccc(OCC)cc3)[C@H]3CCC12O3. The third kappa shape index (κ3) is 6.84. The number of aliphatic hydroxyl groups excluding tert-OH is 1. The fourth-order valence-corrected chi connectivity index (χ4v) is 8.41. The number of hydrogen-bond acceptors (Lipinski definition) is 8. The van der Waals surface area contributed by atoms with Crippen molar-refractivity contribution < 1.29 is 33.7 Å². The minimum atomic E-state index is -1.21. The van der Waals surface area contributed by atoms with E-state index in [2.05, 4.69) is 18.1 Å². The van der Waals surface area contributed by atoms with Gasteiger partial charge in [-0.05, 0) is 56.0 Å². The van der Waals surface area contributed by atoms with E-state index in [-0.39, 0.29) is 30.9 Å². The van der Waals surface area contributed by atoms with Crippen LogP contribution in [0.1, 0.15) is 25.3 Å². The fraction of sp³-hybridized carbons (Fsp3) is 0.513. The lowest BCUT2D eigenvalue weighted by molar-refractivity contribution is -0.151. The van der Waals surface area contributed by atoms with Crippen LogP contribution in [0.5, 0.6) is 5.75 Å². The van der Waals surface area contributed by atoms with Crippen LogP contribution in [0.25, 0.3) is 0 Å². The molecule has 0 radical (unpaired) electrons. The number of amides is 3. The highest BCUT2D eigenvalue weighted by Crippen LogP contribution is 2.59. The van der Waals surface area contributed by atoms with Gasteiger partial charge in [0.25, 0.3) is 0 Å². The summed E-state index contributed by atoms with van der Waals surface area (Å²) in [5, 5.41) is 10.9. The smallest absolute Gasteiger partial charge is 0.248 e. The van der Waals surface area contributed by atoms with E-state index in [1.807, 2.05) is 61.5 Å². The molecule has 4 aliphatic rings. The Labute approximate surface area is 295 Å². The number of ether oxygens (including phenoxy) is 3. The van der Waals surface area contributed by atoms with Crippen molar-refractivity contribution in [3.63, 3.8) is 0 Å². The number of morpholine rings is 1. The zero-order chi connectivity index (χ0) is 35.3. The zero-order valence-corrected chi connectivity index (χ0v) is 29.0. The van der Waals surface area contributed by atoms with Crippen LogP contribution in [0.15, 0.2) is 79.9 Å². The van der Waals surface area contributed by atoms with Crippen molar-refractivity contribution in [1.82, 2.24) is 14.7 Å². The lowest BCUT2D eigenvalue weighted by Gasteiger charge is -2.40. The number of nitrogens with zero attached hydrogens (tertiary/aromatic N) is 4. The van der Waals surface area contributed by atoms with Crippen molar-refractivity contribution in [2.75, 3.05) is 70.6 Å². The van der Waals surface area contributed by atoms with Gasteiger partial charge in [0.05, 0.1) is 50.4 Å². The zero-order valence-electron chi connectivity index (χ0n) is 29.0. The Morgan fingerprint density at radius 1 is 1.06 bits per heavy atom. The fourth-order valence-electron chi connectivity index (χ4n) is 8.41. The van der Waals surface area contributed by atoms with E-state index in [1.54, 1.807) is 26.9 Å². The average molecular weight is 687 g/mol. The van der Waals surface area contributed by atoms with Gasteiger partial charge in [0.1, 0.15) is 17.4 Å². The number of likely N-dealkylation sites (tertiary alicyclic amines) is 1. The first kappa shape index (κ1) is 35.8. The number of benzene rings is 2. The van der Waals surface area contributed by atoms with E-state index in [0.717, 1.165) is 18.7 Å². The van der Waals surface area contributed by atoms with Gasteiger partial charge in [0.2, 0.25) is 17.7 Å². The maximum absolute atomic E-state index is 14.9. The molecule has 2 aromatic carbocycles. The van der Waals surface area contributed by atoms with Crippen molar-refractivity contribution in [2.24, 2.45) is 11.8 Å². The third-order valence-electron chi connectivity index (χ3n) is 10.7. The number of carbonyl (C=O) groups excluding carboxylic acids is 3. The monoisotopic (exact) mass is 686 g/mol. The molecule has 0 aromatic heterocycles. The maximum atomic E-state index is 14.9. The van der Waals surface area contributed by atoms with E-state index >= 15 is 0 Å². The molecule has 6 atom stereocenters. The quantitative estimate of drug-likeness (QED) is 0.269. The predicted octanol–water partition coefficient (Wildman–Crippen LogP) is 2.93. The second-order valence-corrected chi connectivity index (χ2v) is 13.5. The number of hydrogen-bond donors (Lipinski definition) is 1. The Morgan fingerprint density at radius 3 is 2.44 bits per heavy atom. The van der Waals surface area contributed by atoms with Gasteiger partial charge in [0, 0.05) is 45.0 Å². The molecule has 1 N–H and O–H groups in total. The minimum absolute atomic E-state index is 0.234. The van der Waals surface area contributed by atoms with Crippen molar-refractivity contribution in [2.45, 2.75) is 50.0 Å². The lowest BCUT2D eigenvalue weighted by atomic mass is 9.70. The summed E-state index contributed by atoms with van der Waals surface area (Å²) in [5.74, 6) is -1.81. The Morgan fingerprint density at radius 2 is 1.78 bits per heavy atom. The molecule has 50 heavy (non-hydrogen) atoms. The molecular formula is C39H50N4O7. The first-order chi connectivity index (χ1) is 24.4. The minimum Gasteiger partial charge on any atom is -0.494 e. The molecule has 0 aliphatic carbocycles. The van der Waals surface area contributed by atoms with Gasteiger partial charge in [-0.1, -0.05) is 42.5 Å². The van der Waals surface area contributed by atoms with Crippen LogP contribution in [0.2, 0.25) is 0 Å². The second kappa shape index (κ2) is 15.9. The second-order valence-electron chi connectivity index (χ2n) is 13.5. The highest BCUT2D eigenvalue weighted by molar-refractivity contribution is 6.03. The van der Waals surface area contributed by atoms with E-state index < -0.39 is 35.6 Å². The van der Waals surface area contributed by atoms with Gasteiger partial charge >= 0.3 is 0 Å². The summed E-state index contributed by atoms with van der Waals surface area (Å²) in [7, 11) is 0. The average Bonchev–Trinajstić information content (AvgIpc) is 3.79. The molecule has 2 bridgehead atoms. The topological polar surface area (TPSA) is 112 Å². The van der Waals surface area contributed by atoms with Gasteiger partial charge < -0.3 is 34.0 Å². The van der Waals surface area contributed by atoms with Crippen molar-refractivity contribution in [3.8, 4) is 5.75 Å². The molecule has 2 unspecified atom stereocenters. The predicted molar refractivity (Wildman–Crippen MR) is 190 cm³/mol. The number of fused-ring (bicyclic) bond motifs is 1. The molecule has 11 nitrogen and oxygen atoms in total. The number of rotatable bonds is 16. The molecule has 2 aromatic rings. The van der Waals surface area contributed by atoms with Gasteiger partial charge in [0.15, 0.2) is 0 Å². The molecule has 6 rings (SSSR count). The summed E-state index contributed by atoms with van der Waals surface area (Å²) < 4.78 is 17.9. The van der Waals surface area contributed by atoms with E-state index in [4.69, 9.17) is 14.2 Å². The first-order valence-electron chi connectivity index (χ1n) is 17.9. The van der Waals surface area contributed by atoms with Crippen LogP contribution in [-0.4, -0.2) is 127 Å². The Bertz CT molecular complexity index is 1510. The number of carbonyl (C=O) groups is 3. The lowest BCUT2D eigenvalue weighted by Crippen LogP contribution is -2.59. The summed E-state index contributed by atoms with van der Waals surface area (Å²) in [4.78, 5) is 51.8. The van der Waals surface area contributed by atoms with E-state index in [9.17, 15) is 19.5 Å². The van der Waals surface area contributed by atoms with Crippen LogP contribution in [0, 0.1) is 11.8 Å². The summed E-state index contributed by atoms with van der Waals surface area (Å²) >= 11 is 0. The Kier molecular flexibility index (Phi) is 11.4. The largest absolute Gasteiger partial charge is 0.494 e. The first-order valence-corrected chi connectivity index (χ1v) is 17.9. The molecular weight excluding hydrogens is 636 g/mol. The molecule has 4 fully saturated rings. The van der Waals surface area contributed by atoms with Crippen molar-refractivity contribution >= 4 is 23.4 Å². The summed E-state index contributed by atoms with van der Waals surface area (Å²) in [6.07, 6.45) is 4.19. The molecule has 268 valence electrons.